The quantitative estimate of drug-likeness (QED) is 0.143. The van der Waals surface area contributed by atoms with Crippen LogP contribution >= 0.6 is 0 Å². The van der Waals surface area contributed by atoms with Gasteiger partial charge in [-0.1, -0.05) is 251 Å². The molecule has 1 nitrogen and oxygen atoms in total. The highest BCUT2D eigenvalue weighted by Gasteiger charge is 2.52. The fourth-order valence-corrected chi connectivity index (χ4v) is 12.8. The SMILES string of the molecule is CCC(C)(N)c1ccc(-c2ccc3c(c2)C2(c4ccccc4-c4ccccc42)c2cc(C(C)(CC)c4cccc(-c5c6ccccc6c(-c6ccccc6-c6ccccc6)c6ccccc56)c4)ccc2-3)cc1. The van der Waals surface area contributed by atoms with Gasteiger partial charge < -0.3 is 5.73 Å². The van der Waals surface area contributed by atoms with Gasteiger partial charge in [0.1, 0.15) is 0 Å². The molecule has 0 saturated heterocycles. The maximum absolute atomic E-state index is 6.72. The Kier molecular flexibility index (Phi) is 10.2. The lowest BCUT2D eigenvalue weighted by molar-refractivity contribution is 0.476. The van der Waals surface area contributed by atoms with Crippen LogP contribution in [0.1, 0.15) is 79.5 Å². The van der Waals surface area contributed by atoms with Crippen molar-refractivity contribution in [1.82, 2.24) is 0 Å². The lowest BCUT2D eigenvalue weighted by Crippen LogP contribution is -2.31. The van der Waals surface area contributed by atoms with Crippen LogP contribution in [0.4, 0.5) is 0 Å². The molecule has 0 bridgehead atoms. The largest absolute Gasteiger partial charge is 0.322 e. The Labute approximate surface area is 424 Å². The molecule has 0 aliphatic heterocycles. The monoisotopic (exact) mass is 923 g/mol. The third kappa shape index (κ3) is 6.43. The first-order valence-corrected chi connectivity index (χ1v) is 25.8. The van der Waals surface area contributed by atoms with Crippen LogP contribution in [0, 0.1) is 0 Å². The van der Waals surface area contributed by atoms with Gasteiger partial charge in [0.15, 0.2) is 0 Å². The van der Waals surface area contributed by atoms with Gasteiger partial charge in [0.25, 0.3) is 0 Å². The van der Waals surface area contributed by atoms with Crippen LogP contribution < -0.4 is 5.73 Å². The first kappa shape index (κ1) is 43.9. The van der Waals surface area contributed by atoms with E-state index in [-0.39, 0.29) is 11.0 Å². The van der Waals surface area contributed by atoms with Crippen molar-refractivity contribution in [3.63, 3.8) is 0 Å². The van der Waals surface area contributed by atoms with Crippen molar-refractivity contribution in [2.24, 2.45) is 5.73 Å². The maximum atomic E-state index is 6.72. The number of rotatable bonds is 9. The highest BCUT2D eigenvalue weighted by molar-refractivity contribution is 6.22. The van der Waals surface area contributed by atoms with Crippen molar-refractivity contribution in [2.45, 2.75) is 56.9 Å². The second-order valence-corrected chi connectivity index (χ2v) is 20.7. The molecule has 0 radical (unpaired) electrons. The zero-order chi connectivity index (χ0) is 48.8. The van der Waals surface area contributed by atoms with Crippen molar-refractivity contribution < 1.29 is 0 Å². The minimum atomic E-state index is -0.489. The normalized spacial score (nSPS) is 14.6. The van der Waals surface area contributed by atoms with Gasteiger partial charge in [0.05, 0.1) is 5.41 Å². The molecule has 2 N–H and O–H groups in total. The molecule has 2 unspecified atom stereocenters. The van der Waals surface area contributed by atoms with E-state index in [4.69, 9.17) is 5.73 Å². The molecule has 13 rings (SSSR count). The van der Waals surface area contributed by atoms with E-state index in [0.29, 0.717) is 0 Å². The van der Waals surface area contributed by atoms with Crippen molar-refractivity contribution in [3.8, 4) is 66.8 Å². The van der Waals surface area contributed by atoms with E-state index in [1.807, 2.05) is 0 Å². The van der Waals surface area contributed by atoms with E-state index in [1.54, 1.807) is 0 Å². The molecule has 11 aromatic rings. The van der Waals surface area contributed by atoms with Crippen molar-refractivity contribution >= 4 is 21.5 Å². The Bertz CT molecular complexity index is 3830. The average molecular weight is 924 g/mol. The molecule has 1 heteroatoms. The van der Waals surface area contributed by atoms with Gasteiger partial charge in [-0.25, -0.2) is 0 Å². The van der Waals surface area contributed by atoms with Crippen LogP contribution in [0.3, 0.4) is 0 Å². The summed E-state index contributed by atoms with van der Waals surface area (Å²) in [4.78, 5) is 0. The topological polar surface area (TPSA) is 26.0 Å². The van der Waals surface area contributed by atoms with E-state index in [2.05, 4.69) is 264 Å². The Morgan fingerprint density at radius 3 is 1.39 bits per heavy atom. The average Bonchev–Trinajstić information content (AvgIpc) is 3.91. The molecule has 2 aliphatic carbocycles. The molecule has 2 atom stereocenters. The molecule has 0 heterocycles. The Morgan fingerprint density at radius 1 is 0.319 bits per heavy atom. The summed E-state index contributed by atoms with van der Waals surface area (Å²) in [6.07, 6.45) is 1.81. The molecule has 11 aromatic carbocycles. The predicted octanol–water partition coefficient (Wildman–Crippen LogP) is 18.3. The Balaban J connectivity index is 0.982. The fourth-order valence-electron chi connectivity index (χ4n) is 12.8. The summed E-state index contributed by atoms with van der Waals surface area (Å²) in [6, 6.07) is 89.2. The molecule has 1 spiro atoms. The van der Waals surface area contributed by atoms with Crippen LogP contribution in [-0.2, 0) is 16.4 Å². The zero-order valence-electron chi connectivity index (χ0n) is 41.5. The van der Waals surface area contributed by atoms with Crippen LogP contribution in [0.25, 0.3) is 88.3 Å². The minimum absolute atomic E-state index is 0.304. The van der Waals surface area contributed by atoms with Crippen LogP contribution in [-0.4, -0.2) is 0 Å². The fraction of sp³-hybridized carbons (Fsp3) is 0.127. The van der Waals surface area contributed by atoms with Gasteiger partial charge in [-0.3, -0.25) is 0 Å². The number of benzene rings is 11. The van der Waals surface area contributed by atoms with E-state index >= 15 is 0 Å². The third-order valence-corrected chi connectivity index (χ3v) is 17.0. The molecule has 346 valence electrons. The lowest BCUT2D eigenvalue weighted by Gasteiger charge is -2.34. The van der Waals surface area contributed by atoms with Crippen LogP contribution in [0.5, 0.6) is 0 Å². The van der Waals surface area contributed by atoms with Gasteiger partial charge in [-0.05, 0) is 153 Å². The summed E-state index contributed by atoms with van der Waals surface area (Å²) < 4.78 is 0. The molecule has 0 fully saturated rings. The van der Waals surface area contributed by atoms with Gasteiger partial charge in [0.2, 0.25) is 0 Å². The van der Waals surface area contributed by atoms with Crippen molar-refractivity contribution in [3.05, 3.63) is 276 Å². The molecule has 72 heavy (non-hydrogen) atoms. The predicted molar refractivity (Wildman–Crippen MR) is 305 cm³/mol. The first-order chi connectivity index (χ1) is 35.2. The summed E-state index contributed by atoms with van der Waals surface area (Å²) >= 11 is 0. The van der Waals surface area contributed by atoms with Gasteiger partial charge in [0, 0.05) is 11.0 Å². The second-order valence-electron chi connectivity index (χ2n) is 20.7. The Hall–Kier alpha value is -8.10. The highest BCUT2D eigenvalue weighted by atomic mass is 14.7. The van der Waals surface area contributed by atoms with Crippen molar-refractivity contribution in [1.29, 1.82) is 0 Å². The summed E-state index contributed by atoms with van der Waals surface area (Å²) in [5.74, 6) is 0. The Morgan fingerprint density at radius 2 is 0.778 bits per heavy atom. The number of fused-ring (bicyclic) bond motifs is 12. The van der Waals surface area contributed by atoms with Crippen molar-refractivity contribution in [2.75, 3.05) is 0 Å². The van der Waals surface area contributed by atoms with E-state index in [1.165, 1.54) is 122 Å². The smallest absolute Gasteiger partial charge is 0.0725 e. The minimum Gasteiger partial charge on any atom is -0.322 e. The molecule has 2 aliphatic rings. The van der Waals surface area contributed by atoms with Gasteiger partial charge in [-0.15, -0.1) is 0 Å². The molecule has 0 amide bonds. The number of nitrogens with two attached hydrogens (primary N) is 1. The summed E-state index contributed by atoms with van der Waals surface area (Å²) in [6.45, 7) is 9.10. The number of hydrogen-bond acceptors (Lipinski definition) is 1. The van der Waals surface area contributed by atoms with E-state index in [0.717, 1.165) is 18.4 Å². The molecule has 0 saturated carbocycles. The lowest BCUT2D eigenvalue weighted by atomic mass is 9.68. The zero-order valence-corrected chi connectivity index (χ0v) is 41.5. The summed E-state index contributed by atoms with van der Waals surface area (Å²) in [5, 5.41) is 5.03. The van der Waals surface area contributed by atoms with E-state index in [9.17, 15) is 0 Å². The molecule has 0 aromatic heterocycles. The van der Waals surface area contributed by atoms with Crippen LogP contribution in [0.2, 0.25) is 0 Å². The van der Waals surface area contributed by atoms with Gasteiger partial charge in [-0.2, -0.15) is 0 Å². The summed E-state index contributed by atoms with van der Waals surface area (Å²) in [5.41, 5.74) is 29.9. The van der Waals surface area contributed by atoms with Crippen LogP contribution in [0.15, 0.2) is 237 Å². The molecular formula is C71H57N. The maximum Gasteiger partial charge on any atom is 0.0725 e. The standard InChI is InChI=1S/C71H57N/c1-5-69(3,51-24-20-23-49(43-51)67-59-29-12-14-31-61(59)68(62-32-15-13-30-60(62)67)58-28-11-10-25-53(58)47-21-8-7-9-22-47)52-40-42-57-56-41-37-48(46-35-38-50(39-36-46)70(4,72)6-2)44-65(56)71(66(57)45-52)63-33-18-16-26-54(63)55-27-17-19-34-64(55)71/h7-45H,5-6,72H2,1-4H3. The first-order valence-electron chi connectivity index (χ1n) is 25.8. The third-order valence-electron chi connectivity index (χ3n) is 17.0. The highest BCUT2D eigenvalue weighted by Crippen LogP contribution is 2.64. The molecular weight excluding hydrogens is 867 g/mol. The number of hydrogen-bond donors (Lipinski definition) is 1. The summed E-state index contributed by atoms with van der Waals surface area (Å²) in [7, 11) is 0. The van der Waals surface area contributed by atoms with E-state index < -0.39 is 5.41 Å². The van der Waals surface area contributed by atoms with Gasteiger partial charge >= 0.3 is 0 Å². The second kappa shape index (κ2) is 16.8.